The van der Waals surface area contributed by atoms with E-state index in [-0.39, 0.29) is 5.91 Å². The number of aromatic nitrogens is 2. The number of fused-ring (bicyclic) bond motifs is 1. The number of anilines is 4. The number of para-hydroxylation sites is 1. The van der Waals surface area contributed by atoms with Crippen LogP contribution >= 0.6 is 0 Å². The Morgan fingerprint density at radius 3 is 2.48 bits per heavy atom. The van der Waals surface area contributed by atoms with Crippen LogP contribution in [0.25, 0.3) is 22.0 Å². The summed E-state index contributed by atoms with van der Waals surface area (Å²) in [5, 5.41) is 16.8. The lowest BCUT2D eigenvalue weighted by atomic mass is 10.0. The third-order valence-corrected chi connectivity index (χ3v) is 6.79. The van der Waals surface area contributed by atoms with Gasteiger partial charge in [0, 0.05) is 72.5 Å². The van der Waals surface area contributed by atoms with Gasteiger partial charge in [0.05, 0.1) is 11.1 Å². The summed E-state index contributed by atoms with van der Waals surface area (Å²) in [6, 6.07) is 18.0. The van der Waals surface area contributed by atoms with Gasteiger partial charge in [-0.1, -0.05) is 24.8 Å². The van der Waals surface area contributed by atoms with Gasteiger partial charge in [-0.05, 0) is 62.4 Å². The molecule has 0 unspecified atom stereocenters. The molecule has 9 heteroatoms. The molecule has 206 valence electrons. The Morgan fingerprint density at radius 1 is 1.05 bits per heavy atom. The van der Waals surface area contributed by atoms with E-state index in [4.69, 9.17) is 4.98 Å². The first-order valence-electron chi connectivity index (χ1n) is 13.2. The highest BCUT2D eigenvalue weighted by atomic mass is 19.1. The fraction of sp³-hybridized carbons (Fsp3) is 0.258. The molecule has 1 saturated heterocycles. The average Bonchev–Trinajstić information content (AvgIpc) is 2.94. The molecule has 1 aliphatic rings. The maximum absolute atomic E-state index is 14.9. The second kappa shape index (κ2) is 11.4. The maximum atomic E-state index is 14.9. The standard InChI is InChI=1S/C31H33FN6O2/c1-4-28(39)34-23-10-13-27(32)26(18-23)25-7-5-6-21-19-33-30(36-29(21)25)35-22-8-11-24(12-9-22)38-16-14-37(15-17-38)20-31(2,3)40/h4-13,18-19,40H,1,14-17,20H2,2-3H3,(H,34,39)(H,33,35,36). The second-order valence-electron chi connectivity index (χ2n) is 10.6. The van der Waals surface area contributed by atoms with Crippen molar-refractivity contribution in [3.8, 4) is 11.1 Å². The molecular weight excluding hydrogens is 507 g/mol. The van der Waals surface area contributed by atoms with Crippen molar-refractivity contribution in [2.75, 3.05) is 48.3 Å². The molecule has 2 heterocycles. The molecule has 4 aromatic rings. The van der Waals surface area contributed by atoms with Crippen LogP contribution in [0.2, 0.25) is 0 Å². The lowest BCUT2D eigenvalue weighted by Crippen LogP contribution is -2.50. The molecule has 8 nitrogen and oxygen atoms in total. The summed E-state index contributed by atoms with van der Waals surface area (Å²) in [4.78, 5) is 25.5. The number of hydrogen-bond donors (Lipinski definition) is 3. The molecule has 40 heavy (non-hydrogen) atoms. The molecule has 0 spiro atoms. The smallest absolute Gasteiger partial charge is 0.247 e. The fourth-order valence-corrected chi connectivity index (χ4v) is 4.93. The van der Waals surface area contributed by atoms with Gasteiger partial charge in [-0.25, -0.2) is 14.4 Å². The summed E-state index contributed by atoms with van der Waals surface area (Å²) in [6.45, 7) is 11.4. The van der Waals surface area contributed by atoms with Crippen LogP contribution in [0.15, 0.2) is 79.5 Å². The van der Waals surface area contributed by atoms with Crippen molar-refractivity contribution in [3.63, 3.8) is 0 Å². The second-order valence-corrected chi connectivity index (χ2v) is 10.6. The number of hydrogen-bond acceptors (Lipinski definition) is 7. The van der Waals surface area contributed by atoms with E-state index in [1.807, 2.05) is 38.1 Å². The quantitative estimate of drug-likeness (QED) is 0.265. The van der Waals surface area contributed by atoms with E-state index >= 15 is 0 Å². The predicted molar refractivity (Wildman–Crippen MR) is 158 cm³/mol. The third kappa shape index (κ3) is 6.44. The van der Waals surface area contributed by atoms with Gasteiger partial charge in [0.2, 0.25) is 11.9 Å². The number of carbonyl (C=O) groups is 1. The first-order chi connectivity index (χ1) is 19.2. The minimum Gasteiger partial charge on any atom is -0.389 e. The lowest BCUT2D eigenvalue weighted by Gasteiger charge is -2.38. The molecule has 0 bridgehead atoms. The highest BCUT2D eigenvalue weighted by molar-refractivity contribution is 6.00. The molecule has 0 saturated carbocycles. The predicted octanol–water partition coefficient (Wildman–Crippen LogP) is 5.20. The molecule has 1 aromatic heterocycles. The van der Waals surface area contributed by atoms with Crippen LogP contribution in [-0.4, -0.2) is 64.2 Å². The maximum Gasteiger partial charge on any atom is 0.247 e. The molecule has 0 atom stereocenters. The highest BCUT2D eigenvalue weighted by Crippen LogP contribution is 2.32. The fourth-order valence-electron chi connectivity index (χ4n) is 4.93. The molecule has 5 rings (SSSR count). The van der Waals surface area contributed by atoms with Crippen LogP contribution in [-0.2, 0) is 4.79 Å². The van der Waals surface area contributed by atoms with Crippen LogP contribution in [0.4, 0.5) is 27.4 Å². The van der Waals surface area contributed by atoms with Gasteiger partial charge in [0.15, 0.2) is 0 Å². The molecule has 0 aliphatic carbocycles. The van der Waals surface area contributed by atoms with Crippen molar-refractivity contribution in [2.24, 2.45) is 0 Å². The Hall–Kier alpha value is -4.34. The number of aliphatic hydroxyl groups is 1. The van der Waals surface area contributed by atoms with Gasteiger partial charge in [-0.15, -0.1) is 0 Å². The summed E-state index contributed by atoms with van der Waals surface area (Å²) in [5.41, 5.74) is 3.24. The minimum absolute atomic E-state index is 0.323. The van der Waals surface area contributed by atoms with Crippen molar-refractivity contribution in [3.05, 3.63) is 85.3 Å². The monoisotopic (exact) mass is 540 g/mol. The summed E-state index contributed by atoms with van der Waals surface area (Å²) < 4.78 is 14.9. The number of β-amino-alcohol motifs (C(OH)–C–C–N with tert-alkyl or cyclic N) is 1. The Balaban J connectivity index is 1.33. The zero-order valence-electron chi connectivity index (χ0n) is 22.7. The van der Waals surface area contributed by atoms with E-state index in [9.17, 15) is 14.3 Å². The zero-order chi connectivity index (χ0) is 28.3. The number of nitrogens with zero attached hydrogens (tertiary/aromatic N) is 4. The Morgan fingerprint density at radius 2 is 1.77 bits per heavy atom. The van der Waals surface area contributed by atoms with Crippen molar-refractivity contribution < 1.29 is 14.3 Å². The van der Waals surface area contributed by atoms with Crippen molar-refractivity contribution >= 4 is 39.8 Å². The minimum atomic E-state index is -0.692. The van der Waals surface area contributed by atoms with Gasteiger partial charge < -0.3 is 20.6 Å². The van der Waals surface area contributed by atoms with Crippen LogP contribution in [0, 0.1) is 5.82 Å². The molecule has 1 aliphatic heterocycles. The Bertz CT molecular complexity index is 1530. The first kappa shape index (κ1) is 27.2. The van der Waals surface area contributed by atoms with Gasteiger partial charge in [0.25, 0.3) is 0 Å². The van der Waals surface area contributed by atoms with E-state index in [0.29, 0.717) is 34.8 Å². The topological polar surface area (TPSA) is 93.6 Å². The van der Waals surface area contributed by atoms with Crippen LogP contribution in [0.3, 0.4) is 0 Å². The summed E-state index contributed by atoms with van der Waals surface area (Å²) in [6.07, 6.45) is 2.87. The highest BCUT2D eigenvalue weighted by Gasteiger charge is 2.23. The van der Waals surface area contributed by atoms with E-state index in [1.165, 1.54) is 18.2 Å². The Labute approximate surface area is 233 Å². The molecule has 3 aromatic carbocycles. The van der Waals surface area contributed by atoms with E-state index in [0.717, 1.165) is 42.9 Å². The number of halogens is 1. The van der Waals surface area contributed by atoms with Gasteiger partial charge in [-0.2, -0.15) is 0 Å². The molecular formula is C31H33FN6O2. The zero-order valence-corrected chi connectivity index (χ0v) is 22.7. The number of rotatable bonds is 8. The number of carbonyl (C=O) groups excluding carboxylic acids is 1. The molecule has 3 N–H and O–H groups in total. The van der Waals surface area contributed by atoms with E-state index in [2.05, 4.69) is 44.1 Å². The Kier molecular flexibility index (Phi) is 7.77. The normalized spacial score (nSPS) is 14.2. The van der Waals surface area contributed by atoms with Crippen LogP contribution in [0.1, 0.15) is 13.8 Å². The van der Waals surface area contributed by atoms with E-state index in [1.54, 1.807) is 18.3 Å². The molecule has 1 amide bonds. The van der Waals surface area contributed by atoms with E-state index < -0.39 is 11.4 Å². The van der Waals surface area contributed by atoms with Gasteiger partial charge in [0.1, 0.15) is 5.82 Å². The summed E-state index contributed by atoms with van der Waals surface area (Å²) >= 11 is 0. The van der Waals surface area contributed by atoms with Crippen LogP contribution in [0.5, 0.6) is 0 Å². The molecule has 1 fully saturated rings. The summed E-state index contributed by atoms with van der Waals surface area (Å²) in [7, 11) is 0. The largest absolute Gasteiger partial charge is 0.389 e. The van der Waals surface area contributed by atoms with Gasteiger partial charge in [-0.3, -0.25) is 9.69 Å². The van der Waals surface area contributed by atoms with Crippen LogP contribution < -0.4 is 15.5 Å². The third-order valence-electron chi connectivity index (χ3n) is 6.79. The number of piperazine rings is 1. The SMILES string of the molecule is C=CC(=O)Nc1ccc(F)c(-c2cccc3cnc(Nc4ccc(N5CCN(CC(C)(C)O)CC5)cc4)nc23)c1. The van der Waals surface area contributed by atoms with Gasteiger partial charge >= 0.3 is 0 Å². The van der Waals surface area contributed by atoms with Crippen molar-refractivity contribution in [1.82, 2.24) is 14.9 Å². The number of nitrogens with one attached hydrogen (secondary N) is 2. The van der Waals surface area contributed by atoms with Crippen molar-refractivity contribution in [1.29, 1.82) is 0 Å². The first-order valence-corrected chi connectivity index (χ1v) is 13.2. The number of amides is 1. The van der Waals surface area contributed by atoms with Crippen molar-refractivity contribution in [2.45, 2.75) is 19.4 Å². The lowest BCUT2D eigenvalue weighted by molar-refractivity contribution is -0.111. The summed E-state index contributed by atoms with van der Waals surface area (Å²) in [5.74, 6) is -0.401. The molecule has 0 radical (unpaired) electrons. The average molecular weight is 541 g/mol. The number of benzene rings is 3.